The fourth-order valence-corrected chi connectivity index (χ4v) is 3.02. The lowest BCUT2D eigenvalue weighted by atomic mass is 10.0. The van der Waals surface area contributed by atoms with Crippen LogP contribution in [0.25, 0.3) is 0 Å². The third-order valence-electron chi connectivity index (χ3n) is 2.99. The molecular formula is C13H25NO2S. The molecule has 0 bridgehead atoms. The zero-order valence-electron chi connectivity index (χ0n) is 11.2. The smallest absolute Gasteiger partial charge is 0.316 e. The molecule has 0 aromatic rings. The van der Waals surface area contributed by atoms with Gasteiger partial charge in [0, 0.05) is 6.04 Å². The molecule has 0 spiro atoms. The Morgan fingerprint density at radius 1 is 1.41 bits per heavy atom. The van der Waals surface area contributed by atoms with Crippen LogP contribution < -0.4 is 5.73 Å². The molecule has 2 unspecified atom stereocenters. The van der Waals surface area contributed by atoms with E-state index < -0.39 is 0 Å². The van der Waals surface area contributed by atoms with Crippen LogP contribution in [0.3, 0.4) is 0 Å². The minimum atomic E-state index is -0.370. The van der Waals surface area contributed by atoms with Gasteiger partial charge in [0.15, 0.2) is 0 Å². The topological polar surface area (TPSA) is 52.3 Å². The highest BCUT2D eigenvalue weighted by Gasteiger charge is 2.23. The maximum atomic E-state index is 11.5. The molecule has 1 saturated carbocycles. The summed E-state index contributed by atoms with van der Waals surface area (Å²) in [5.41, 5.74) is 5.63. The first-order valence-electron chi connectivity index (χ1n) is 6.43. The Morgan fingerprint density at radius 2 is 2.12 bits per heavy atom. The number of carbonyl (C=O) groups excluding carboxylic acids is 1. The van der Waals surface area contributed by atoms with Crippen LogP contribution in [0.2, 0.25) is 0 Å². The molecule has 2 atom stereocenters. The summed E-state index contributed by atoms with van der Waals surface area (Å²) < 4.78 is 5.25. The van der Waals surface area contributed by atoms with Crippen molar-refractivity contribution in [2.24, 2.45) is 11.7 Å². The van der Waals surface area contributed by atoms with E-state index in [4.69, 9.17) is 10.5 Å². The molecule has 0 radical (unpaired) electrons. The summed E-state index contributed by atoms with van der Waals surface area (Å²) in [6.45, 7) is 5.69. The van der Waals surface area contributed by atoms with Crippen molar-refractivity contribution in [3.8, 4) is 0 Å². The van der Waals surface area contributed by atoms with Crippen molar-refractivity contribution in [1.29, 1.82) is 0 Å². The summed E-state index contributed by atoms with van der Waals surface area (Å²) in [6.07, 6.45) is 4.83. The van der Waals surface area contributed by atoms with Gasteiger partial charge in [0.2, 0.25) is 0 Å². The van der Waals surface area contributed by atoms with Gasteiger partial charge in [-0.05, 0) is 51.7 Å². The minimum absolute atomic E-state index is 0.113. The van der Waals surface area contributed by atoms with Gasteiger partial charge in [-0.15, -0.1) is 0 Å². The Hall–Kier alpha value is -0.220. The van der Waals surface area contributed by atoms with Crippen molar-refractivity contribution in [2.75, 3.05) is 11.5 Å². The first-order valence-corrected chi connectivity index (χ1v) is 7.59. The van der Waals surface area contributed by atoms with Crippen LogP contribution >= 0.6 is 11.8 Å². The van der Waals surface area contributed by atoms with E-state index in [9.17, 15) is 4.79 Å². The molecule has 0 heterocycles. The second kappa shape index (κ2) is 6.64. The lowest BCUT2D eigenvalue weighted by molar-refractivity contribution is -0.151. The lowest BCUT2D eigenvalue weighted by Crippen LogP contribution is -2.26. The van der Waals surface area contributed by atoms with E-state index in [2.05, 4.69) is 0 Å². The van der Waals surface area contributed by atoms with Gasteiger partial charge < -0.3 is 10.5 Å². The van der Waals surface area contributed by atoms with Crippen molar-refractivity contribution in [3.63, 3.8) is 0 Å². The largest absolute Gasteiger partial charge is 0.459 e. The average Bonchev–Trinajstić information content (AvgIpc) is 2.56. The molecule has 1 rings (SSSR count). The van der Waals surface area contributed by atoms with Gasteiger partial charge in [0.1, 0.15) is 5.60 Å². The zero-order chi connectivity index (χ0) is 12.9. The fraction of sp³-hybridized carbons (Fsp3) is 0.923. The predicted molar refractivity (Wildman–Crippen MR) is 73.1 cm³/mol. The van der Waals surface area contributed by atoms with E-state index in [0.29, 0.717) is 17.7 Å². The molecule has 17 heavy (non-hydrogen) atoms. The van der Waals surface area contributed by atoms with Crippen LogP contribution in [0.15, 0.2) is 0 Å². The van der Waals surface area contributed by atoms with Gasteiger partial charge in [-0.25, -0.2) is 0 Å². The van der Waals surface area contributed by atoms with Crippen LogP contribution in [0.4, 0.5) is 0 Å². The highest BCUT2D eigenvalue weighted by atomic mass is 32.2. The Kier molecular flexibility index (Phi) is 5.80. The summed E-state index contributed by atoms with van der Waals surface area (Å²) >= 11 is 1.66. The lowest BCUT2D eigenvalue weighted by Gasteiger charge is -2.19. The maximum Gasteiger partial charge on any atom is 0.316 e. The number of carbonyl (C=O) groups is 1. The van der Waals surface area contributed by atoms with E-state index >= 15 is 0 Å². The summed E-state index contributed by atoms with van der Waals surface area (Å²) in [6, 6.07) is 0.386. The van der Waals surface area contributed by atoms with Gasteiger partial charge in [0.25, 0.3) is 0 Å². The highest BCUT2D eigenvalue weighted by molar-refractivity contribution is 7.99. The summed E-state index contributed by atoms with van der Waals surface area (Å²) in [5.74, 6) is 2.02. The highest BCUT2D eigenvalue weighted by Crippen LogP contribution is 2.28. The molecule has 0 aromatic heterocycles. The number of thioether (sulfide) groups is 1. The Bertz CT molecular complexity index is 250. The van der Waals surface area contributed by atoms with E-state index in [1.165, 1.54) is 19.3 Å². The Labute approximate surface area is 109 Å². The van der Waals surface area contributed by atoms with Gasteiger partial charge in [-0.2, -0.15) is 11.8 Å². The van der Waals surface area contributed by atoms with E-state index in [-0.39, 0.29) is 11.6 Å². The van der Waals surface area contributed by atoms with E-state index in [0.717, 1.165) is 12.2 Å². The number of esters is 1. The van der Waals surface area contributed by atoms with Crippen LogP contribution in [-0.4, -0.2) is 29.1 Å². The Morgan fingerprint density at radius 3 is 2.65 bits per heavy atom. The molecule has 1 aliphatic carbocycles. The molecule has 3 nitrogen and oxygen atoms in total. The third kappa shape index (κ3) is 6.32. The maximum absolute atomic E-state index is 11.5. The van der Waals surface area contributed by atoms with Crippen LogP contribution in [-0.2, 0) is 9.53 Å². The summed E-state index contributed by atoms with van der Waals surface area (Å²) in [7, 11) is 0. The number of hydrogen-bond donors (Lipinski definition) is 1. The van der Waals surface area contributed by atoms with Crippen molar-refractivity contribution in [1.82, 2.24) is 0 Å². The standard InChI is InChI=1S/C13H25NO2S/c1-13(2,3)16-12(15)9-17-8-7-10-5-4-6-11(10)14/h10-11H,4-9,14H2,1-3H3. The first kappa shape index (κ1) is 14.8. The first-order chi connectivity index (χ1) is 7.88. The quantitative estimate of drug-likeness (QED) is 0.609. The molecule has 1 fully saturated rings. The third-order valence-corrected chi connectivity index (χ3v) is 3.95. The number of rotatable bonds is 5. The number of hydrogen-bond acceptors (Lipinski definition) is 4. The average molecular weight is 259 g/mol. The predicted octanol–water partition coefficient (Wildman–Crippen LogP) is 2.58. The van der Waals surface area contributed by atoms with Gasteiger partial charge in [-0.3, -0.25) is 4.79 Å². The molecule has 0 aromatic carbocycles. The van der Waals surface area contributed by atoms with Gasteiger partial charge in [0.05, 0.1) is 5.75 Å². The summed E-state index contributed by atoms with van der Waals surface area (Å²) in [5, 5.41) is 0. The van der Waals surface area contributed by atoms with Crippen LogP contribution in [0.5, 0.6) is 0 Å². The van der Waals surface area contributed by atoms with Crippen molar-refractivity contribution >= 4 is 17.7 Å². The van der Waals surface area contributed by atoms with Crippen molar-refractivity contribution in [2.45, 2.75) is 58.1 Å². The van der Waals surface area contributed by atoms with Gasteiger partial charge >= 0.3 is 5.97 Å². The molecular weight excluding hydrogens is 234 g/mol. The fourth-order valence-electron chi connectivity index (χ4n) is 2.19. The normalized spacial score (nSPS) is 24.9. The minimum Gasteiger partial charge on any atom is -0.459 e. The molecule has 100 valence electrons. The van der Waals surface area contributed by atoms with Crippen molar-refractivity contribution < 1.29 is 9.53 Å². The molecule has 4 heteroatoms. The second-order valence-electron chi connectivity index (χ2n) is 5.78. The SMILES string of the molecule is CC(C)(C)OC(=O)CSCCC1CCCC1N. The van der Waals surface area contributed by atoms with Gasteiger partial charge in [-0.1, -0.05) is 6.42 Å². The Balaban J connectivity index is 2.06. The number of nitrogens with two attached hydrogens (primary N) is 1. The van der Waals surface area contributed by atoms with Crippen molar-refractivity contribution in [3.05, 3.63) is 0 Å². The second-order valence-corrected chi connectivity index (χ2v) is 6.89. The molecule has 0 aliphatic heterocycles. The summed E-state index contributed by atoms with van der Waals surface area (Å²) in [4.78, 5) is 11.5. The van der Waals surface area contributed by atoms with Crippen LogP contribution in [0.1, 0.15) is 46.5 Å². The molecule has 0 amide bonds. The zero-order valence-corrected chi connectivity index (χ0v) is 12.0. The molecule has 0 saturated heterocycles. The number of ether oxygens (including phenoxy) is 1. The molecule has 1 aliphatic rings. The van der Waals surface area contributed by atoms with Crippen LogP contribution in [0, 0.1) is 5.92 Å². The van der Waals surface area contributed by atoms with E-state index in [1.807, 2.05) is 20.8 Å². The molecule has 2 N–H and O–H groups in total. The van der Waals surface area contributed by atoms with E-state index in [1.54, 1.807) is 11.8 Å². The monoisotopic (exact) mass is 259 g/mol.